The van der Waals surface area contributed by atoms with Crippen LogP contribution in [0.15, 0.2) is 60.4 Å². The van der Waals surface area contributed by atoms with Crippen molar-refractivity contribution < 1.29 is 19.4 Å². The van der Waals surface area contributed by atoms with Gasteiger partial charge in [0.25, 0.3) is 0 Å². The van der Waals surface area contributed by atoms with E-state index >= 15 is 0 Å². The van der Waals surface area contributed by atoms with Crippen molar-refractivity contribution >= 4 is 17.7 Å². The van der Waals surface area contributed by atoms with Crippen LogP contribution in [-0.4, -0.2) is 47.2 Å². The fourth-order valence-electron chi connectivity index (χ4n) is 4.55. The van der Waals surface area contributed by atoms with Gasteiger partial charge in [-0.2, -0.15) is 5.10 Å². The Balaban J connectivity index is 0.000000572. The van der Waals surface area contributed by atoms with Gasteiger partial charge >= 0.3 is 5.97 Å². The van der Waals surface area contributed by atoms with Crippen molar-refractivity contribution in [2.24, 2.45) is 0 Å². The first kappa shape index (κ1) is 26.5. The van der Waals surface area contributed by atoms with Crippen LogP contribution in [0.1, 0.15) is 57.2 Å². The van der Waals surface area contributed by atoms with Crippen molar-refractivity contribution in [2.75, 3.05) is 31.3 Å². The molecule has 5 rings (SSSR count). The summed E-state index contributed by atoms with van der Waals surface area (Å²) in [6.45, 7) is 10.1. The van der Waals surface area contributed by atoms with E-state index in [1.165, 1.54) is 12.8 Å². The van der Waals surface area contributed by atoms with E-state index in [4.69, 9.17) is 9.47 Å². The molecule has 7 heteroatoms. The van der Waals surface area contributed by atoms with Gasteiger partial charge in [0.2, 0.25) is 0 Å². The highest BCUT2D eigenvalue weighted by Gasteiger charge is 2.21. The summed E-state index contributed by atoms with van der Waals surface area (Å²) < 4.78 is 12.7. The van der Waals surface area contributed by atoms with Gasteiger partial charge in [-0.15, -0.1) is 0 Å². The predicted octanol–water partition coefficient (Wildman–Crippen LogP) is 6.20. The SMILES string of the molecule is C1CCOC1.CCOc1ccccc1-c1ccc2c(c1)C=C(C(=O)O)CCN2Cc1cnn(C(C)C)c1. The molecule has 1 saturated heterocycles. The van der Waals surface area contributed by atoms with Crippen LogP contribution in [-0.2, 0) is 16.1 Å². The number of para-hydroxylation sites is 1. The first-order valence-electron chi connectivity index (χ1n) is 13.1. The Labute approximate surface area is 219 Å². The Morgan fingerprint density at radius 2 is 1.95 bits per heavy atom. The van der Waals surface area contributed by atoms with Crippen LogP contribution >= 0.6 is 0 Å². The average molecular weight is 504 g/mol. The molecule has 37 heavy (non-hydrogen) atoms. The van der Waals surface area contributed by atoms with Crippen LogP contribution in [0.3, 0.4) is 0 Å². The van der Waals surface area contributed by atoms with Crippen LogP contribution in [0.5, 0.6) is 5.75 Å². The molecule has 1 aromatic heterocycles. The van der Waals surface area contributed by atoms with E-state index < -0.39 is 5.97 Å². The molecule has 3 aromatic rings. The molecule has 2 aromatic carbocycles. The molecule has 196 valence electrons. The zero-order chi connectivity index (χ0) is 26.2. The van der Waals surface area contributed by atoms with Gasteiger partial charge in [-0.3, -0.25) is 4.68 Å². The number of hydrogen-bond donors (Lipinski definition) is 1. The summed E-state index contributed by atoms with van der Waals surface area (Å²) in [4.78, 5) is 14.1. The summed E-state index contributed by atoms with van der Waals surface area (Å²) in [6.07, 6.45) is 8.80. The standard InChI is InChI=1S/C26H29N3O3.C4H8O/c1-4-32-25-8-6-5-7-23(25)20-9-10-24-22(13-20)14-21(26(30)31)11-12-28(24)16-19-15-27-29(17-19)18(2)3;1-2-4-5-3-1/h5-10,13-15,17-18H,4,11-12,16H2,1-3H3,(H,30,31);1-4H2. The molecule has 0 saturated carbocycles. The zero-order valence-electron chi connectivity index (χ0n) is 22.0. The number of ether oxygens (including phenoxy) is 2. The van der Waals surface area contributed by atoms with Crippen LogP contribution in [0.2, 0.25) is 0 Å². The maximum Gasteiger partial charge on any atom is 0.331 e. The van der Waals surface area contributed by atoms with E-state index in [0.29, 0.717) is 37.7 Å². The van der Waals surface area contributed by atoms with Crippen molar-refractivity contribution in [1.29, 1.82) is 0 Å². The van der Waals surface area contributed by atoms with Gasteiger partial charge in [0, 0.05) is 60.9 Å². The van der Waals surface area contributed by atoms with Crippen molar-refractivity contribution in [2.45, 2.75) is 52.6 Å². The first-order chi connectivity index (χ1) is 18.0. The van der Waals surface area contributed by atoms with Gasteiger partial charge in [0.05, 0.1) is 12.8 Å². The lowest BCUT2D eigenvalue weighted by Gasteiger charge is -2.25. The molecular formula is C30H37N3O4. The van der Waals surface area contributed by atoms with E-state index in [0.717, 1.165) is 46.9 Å². The summed E-state index contributed by atoms with van der Waals surface area (Å²) in [5, 5.41) is 14.2. The van der Waals surface area contributed by atoms with Crippen LogP contribution < -0.4 is 9.64 Å². The summed E-state index contributed by atoms with van der Waals surface area (Å²) in [5.41, 5.74) is 5.45. The highest BCUT2D eigenvalue weighted by atomic mass is 16.5. The van der Waals surface area contributed by atoms with Crippen molar-refractivity contribution in [3.05, 3.63) is 71.6 Å². The number of aromatic nitrogens is 2. The van der Waals surface area contributed by atoms with Crippen LogP contribution in [0.25, 0.3) is 17.2 Å². The van der Waals surface area contributed by atoms with E-state index in [9.17, 15) is 9.90 Å². The molecule has 0 amide bonds. The molecule has 2 aliphatic rings. The van der Waals surface area contributed by atoms with Gasteiger partial charge in [-0.1, -0.05) is 24.3 Å². The Hall–Kier alpha value is -3.58. The Morgan fingerprint density at radius 3 is 2.59 bits per heavy atom. The molecule has 0 atom stereocenters. The van der Waals surface area contributed by atoms with Gasteiger partial charge in [-0.25, -0.2) is 4.79 Å². The molecule has 0 aliphatic carbocycles. The number of anilines is 1. The second-order valence-corrected chi connectivity index (χ2v) is 9.59. The van der Waals surface area contributed by atoms with Gasteiger partial charge < -0.3 is 19.5 Å². The summed E-state index contributed by atoms with van der Waals surface area (Å²) in [6, 6.07) is 14.5. The fraction of sp³-hybridized carbons (Fsp3) is 0.400. The number of hydrogen-bond acceptors (Lipinski definition) is 5. The Kier molecular flexibility index (Phi) is 9.01. The van der Waals surface area contributed by atoms with Crippen molar-refractivity contribution in [1.82, 2.24) is 9.78 Å². The number of rotatable bonds is 7. The molecule has 0 bridgehead atoms. The highest BCUT2D eigenvalue weighted by molar-refractivity contribution is 5.94. The van der Waals surface area contributed by atoms with E-state index in [1.807, 2.05) is 48.1 Å². The summed E-state index contributed by atoms with van der Waals surface area (Å²) >= 11 is 0. The lowest BCUT2D eigenvalue weighted by molar-refractivity contribution is -0.132. The van der Waals surface area contributed by atoms with E-state index in [1.54, 1.807) is 0 Å². The van der Waals surface area contributed by atoms with Gasteiger partial charge in [-0.05, 0) is 75.4 Å². The monoisotopic (exact) mass is 503 g/mol. The molecule has 1 N–H and O–H groups in total. The molecule has 2 aliphatic heterocycles. The lowest BCUT2D eigenvalue weighted by Crippen LogP contribution is -2.24. The summed E-state index contributed by atoms with van der Waals surface area (Å²) in [7, 11) is 0. The highest BCUT2D eigenvalue weighted by Crippen LogP contribution is 2.36. The number of benzene rings is 2. The van der Waals surface area contributed by atoms with E-state index in [2.05, 4.69) is 48.2 Å². The third-order valence-corrected chi connectivity index (χ3v) is 6.51. The predicted molar refractivity (Wildman–Crippen MR) is 147 cm³/mol. The van der Waals surface area contributed by atoms with Gasteiger partial charge in [0.15, 0.2) is 0 Å². The molecule has 7 nitrogen and oxygen atoms in total. The fourth-order valence-corrected chi connectivity index (χ4v) is 4.55. The number of aliphatic carboxylic acids is 1. The van der Waals surface area contributed by atoms with Crippen LogP contribution in [0.4, 0.5) is 5.69 Å². The maximum absolute atomic E-state index is 11.8. The quantitative estimate of drug-likeness (QED) is 0.413. The first-order valence-corrected chi connectivity index (χ1v) is 13.1. The van der Waals surface area contributed by atoms with E-state index in [-0.39, 0.29) is 0 Å². The minimum Gasteiger partial charge on any atom is -0.493 e. The number of carboxylic acids is 1. The molecule has 0 radical (unpaired) electrons. The largest absolute Gasteiger partial charge is 0.493 e. The minimum absolute atomic E-state index is 0.299. The number of nitrogens with zero attached hydrogens (tertiary/aromatic N) is 3. The topological polar surface area (TPSA) is 76.8 Å². The lowest BCUT2D eigenvalue weighted by atomic mass is 9.99. The minimum atomic E-state index is -0.870. The second kappa shape index (κ2) is 12.6. The Morgan fingerprint density at radius 1 is 1.16 bits per heavy atom. The zero-order valence-corrected chi connectivity index (χ0v) is 22.0. The number of carbonyl (C=O) groups is 1. The Bertz CT molecular complexity index is 1220. The van der Waals surface area contributed by atoms with Crippen LogP contribution in [0, 0.1) is 0 Å². The van der Waals surface area contributed by atoms with Crippen molar-refractivity contribution in [3.8, 4) is 16.9 Å². The second-order valence-electron chi connectivity index (χ2n) is 9.59. The third kappa shape index (κ3) is 6.80. The maximum atomic E-state index is 11.8. The molecule has 3 heterocycles. The molecule has 1 fully saturated rings. The normalized spacial score (nSPS) is 14.9. The smallest absolute Gasteiger partial charge is 0.331 e. The van der Waals surface area contributed by atoms with Gasteiger partial charge in [0.1, 0.15) is 5.75 Å². The molecule has 0 spiro atoms. The molecular weight excluding hydrogens is 466 g/mol. The summed E-state index contributed by atoms with van der Waals surface area (Å²) in [5.74, 6) is -0.0467. The number of fused-ring (bicyclic) bond motifs is 1. The average Bonchev–Trinajstić information content (AvgIpc) is 3.59. The van der Waals surface area contributed by atoms with Crippen molar-refractivity contribution in [3.63, 3.8) is 0 Å². The third-order valence-electron chi connectivity index (χ3n) is 6.51. The number of carboxylic acid groups (broad SMARTS) is 1. The molecule has 0 unspecified atom stereocenters.